The Morgan fingerprint density at radius 3 is 1.03 bits per heavy atom. The van der Waals surface area contributed by atoms with Crippen LogP contribution in [0.1, 0.15) is 11.1 Å². The van der Waals surface area contributed by atoms with Gasteiger partial charge in [-0.15, -0.1) is 0 Å². The van der Waals surface area contributed by atoms with Crippen molar-refractivity contribution in [2.45, 2.75) is 9.79 Å². The number of benzene rings is 4. The molecule has 2 heterocycles. The van der Waals surface area contributed by atoms with Crippen LogP contribution >= 0.6 is 0 Å². The number of nitrogens with zero attached hydrogens (tertiary/aromatic N) is 8. The molecule has 10 N–H and O–H groups in total. The topological polar surface area (TPSA) is 322 Å². The first kappa shape index (κ1) is 53.7. The zero-order valence-corrected chi connectivity index (χ0v) is 41.4. The molecule has 2 radical (unpaired) electrons. The normalized spacial score (nSPS) is 11.3. The number of anilines is 10. The minimum absolute atomic E-state index is 0. The van der Waals surface area contributed by atoms with Crippen LogP contribution in [0.3, 0.4) is 0 Å². The minimum Gasteiger partial charge on any atom is -0.395 e. The van der Waals surface area contributed by atoms with Gasteiger partial charge in [-0.2, -0.15) is 46.7 Å². The molecule has 0 bridgehead atoms. The van der Waals surface area contributed by atoms with E-state index in [1.54, 1.807) is 48.5 Å². The van der Waals surface area contributed by atoms with Crippen molar-refractivity contribution in [3.63, 3.8) is 0 Å². The molecule has 4 aromatic carbocycles. The van der Waals surface area contributed by atoms with E-state index in [2.05, 4.69) is 51.2 Å². The molecule has 6 aromatic rings. The number of nitrogens with one attached hydrogen (secondary N) is 4. The van der Waals surface area contributed by atoms with Crippen LogP contribution in [-0.4, -0.2) is 188 Å². The van der Waals surface area contributed by atoms with Crippen molar-refractivity contribution in [1.29, 1.82) is 0 Å². The van der Waals surface area contributed by atoms with E-state index in [9.17, 15) is 46.4 Å². The van der Waals surface area contributed by atoms with E-state index >= 15 is 0 Å². The molecule has 0 spiro atoms. The second-order valence-electron chi connectivity index (χ2n) is 13.5. The van der Waals surface area contributed by atoms with E-state index in [0.29, 0.717) is 11.4 Å². The van der Waals surface area contributed by atoms with Crippen molar-refractivity contribution in [1.82, 2.24) is 29.9 Å². The Morgan fingerprint density at radius 2 is 0.742 bits per heavy atom. The minimum atomic E-state index is -4.91. The first-order chi connectivity index (χ1) is 30.8. The Morgan fingerprint density at radius 1 is 0.439 bits per heavy atom. The van der Waals surface area contributed by atoms with E-state index in [1.165, 1.54) is 46.2 Å². The van der Waals surface area contributed by atoms with Gasteiger partial charge in [0.15, 0.2) is 0 Å². The van der Waals surface area contributed by atoms with Crippen LogP contribution in [0.2, 0.25) is 0 Å². The molecule has 0 atom stereocenters. The zero-order chi connectivity index (χ0) is 45.7. The Kier molecular flexibility index (Phi) is 20.6. The predicted molar refractivity (Wildman–Crippen MR) is 251 cm³/mol. The molecule has 6 rings (SSSR count). The molecule has 26 heteroatoms. The Balaban J connectivity index is 0.00000476. The number of para-hydroxylation sites is 2. The number of rotatable bonds is 22. The summed E-state index contributed by atoms with van der Waals surface area (Å²) in [5, 5.41) is 50.4. The average molecular weight is 963 g/mol. The molecule has 66 heavy (non-hydrogen) atoms. The fourth-order valence-corrected chi connectivity index (χ4v) is 7.45. The van der Waals surface area contributed by atoms with Gasteiger partial charge in [0.25, 0.3) is 20.2 Å². The van der Waals surface area contributed by atoms with Gasteiger partial charge < -0.3 is 51.5 Å². The van der Waals surface area contributed by atoms with Gasteiger partial charge in [-0.3, -0.25) is 9.11 Å². The molecule has 0 saturated heterocycles. The molecule has 0 fully saturated rings. The fraction of sp³-hybridized carbons (Fsp3) is 0.200. The Bertz CT molecular complexity index is 2590. The maximum absolute atomic E-state index is 12.7. The van der Waals surface area contributed by atoms with Gasteiger partial charge >= 0.3 is 0 Å². The Labute approximate surface area is 424 Å². The van der Waals surface area contributed by atoms with E-state index in [1.807, 2.05) is 12.1 Å². The average Bonchev–Trinajstić information content (AvgIpc) is 3.26. The second-order valence-corrected chi connectivity index (χ2v) is 16.2. The van der Waals surface area contributed by atoms with Crippen molar-refractivity contribution in [2.75, 3.05) is 83.7 Å². The smallest absolute Gasteiger partial charge is 0.295 e. The van der Waals surface area contributed by atoms with Gasteiger partial charge in [0.05, 0.1) is 26.4 Å². The number of aromatic nitrogens is 6. The number of hydrogen-bond acceptors (Lipinski definition) is 20. The molecule has 0 unspecified atom stereocenters. The summed E-state index contributed by atoms with van der Waals surface area (Å²) in [6.07, 6.45) is 2.45. The summed E-state index contributed by atoms with van der Waals surface area (Å²) in [4.78, 5) is 28.3. The largest absolute Gasteiger partial charge is 0.395 e. The van der Waals surface area contributed by atoms with Crippen LogP contribution in [0.15, 0.2) is 107 Å². The van der Waals surface area contributed by atoms with Crippen LogP contribution < -0.4 is 31.1 Å². The Hall–Kier alpha value is -4.90. The van der Waals surface area contributed by atoms with Gasteiger partial charge in [-0.25, -0.2) is 0 Å². The summed E-state index contributed by atoms with van der Waals surface area (Å²) < 4.78 is 71.5. The van der Waals surface area contributed by atoms with Gasteiger partial charge in [0.1, 0.15) is 9.79 Å². The van der Waals surface area contributed by atoms with Crippen LogP contribution in [0, 0.1) is 0 Å². The van der Waals surface area contributed by atoms with Crippen molar-refractivity contribution in [3.8, 4) is 0 Å². The number of aliphatic hydroxyl groups is 4. The van der Waals surface area contributed by atoms with Crippen LogP contribution in [0.4, 0.5) is 58.4 Å². The third kappa shape index (κ3) is 15.3. The molecule has 0 aliphatic rings. The number of aliphatic hydroxyl groups excluding tert-OH is 4. The van der Waals surface area contributed by atoms with E-state index in [-0.39, 0.29) is 170 Å². The van der Waals surface area contributed by atoms with E-state index < -0.39 is 30.0 Å². The summed E-state index contributed by atoms with van der Waals surface area (Å²) in [7, 11) is -9.82. The summed E-state index contributed by atoms with van der Waals surface area (Å²) in [5.41, 5.74) is 1.36. The SMILES string of the molecule is O=S(=O)(O)c1cc(Nc2nc(Nc3ccccc3)nc(N(CCO)CCO)n2)ccc1C=Cc1ccc(Nc2nc(Nc3ccccc3)nc(N(CCO)CCO)n2)cc1S(=O)(=O)O.[Na].[Na]. The van der Waals surface area contributed by atoms with Crippen LogP contribution in [-0.2, 0) is 20.2 Å². The van der Waals surface area contributed by atoms with Crippen molar-refractivity contribution in [3.05, 3.63) is 108 Å². The quantitative estimate of drug-likeness (QED) is 0.0265. The molecule has 0 saturated carbocycles. The maximum atomic E-state index is 12.7. The monoisotopic (exact) mass is 962 g/mol. The van der Waals surface area contributed by atoms with E-state index in [4.69, 9.17) is 0 Å². The zero-order valence-electron chi connectivity index (χ0n) is 35.8. The van der Waals surface area contributed by atoms with Crippen LogP contribution in [0.5, 0.6) is 0 Å². The molecule has 22 nitrogen and oxygen atoms in total. The van der Waals surface area contributed by atoms with Gasteiger partial charge in [-0.1, -0.05) is 60.7 Å². The van der Waals surface area contributed by atoms with Crippen molar-refractivity contribution < 1.29 is 46.4 Å². The number of hydrogen-bond donors (Lipinski definition) is 10. The van der Waals surface area contributed by atoms with Crippen molar-refractivity contribution in [2.24, 2.45) is 0 Å². The third-order valence-corrected chi connectivity index (χ3v) is 10.7. The van der Waals surface area contributed by atoms with E-state index in [0.717, 1.165) is 12.1 Å². The molecule has 0 aliphatic carbocycles. The van der Waals surface area contributed by atoms with Gasteiger partial charge in [0, 0.05) is 108 Å². The van der Waals surface area contributed by atoms with Crippen molar-refractivity contribution >= 4 is 150 Å². The fourth-order valence-electron chi connectivity index (χ4n) is 6.03. The summed E-state index contributed by atoms with van der Waals surface area (Å²) in [5.74, 6) is 0.187. The molecule has 2 aromatic heterocycles. The molecule has 0 amide bonds. The molecular weight excluding hydrogens is 919 g/mol. The summed E-state index contributed by atoms with van der Waals surface area (Å²) in [6.45, 7) is -0.796. The summed E-state index contributed by atoms with van der Waals surface area (Å²) in [6, 6.07) is 25.7. The van der Waals surface area contributed by atoms with Crippen LogP contribution in [0.25, 0.3) is 12.2 Å². The first-order valence-electron chi connectivity index (χ1n) is 19.3. The van der Waals surface area contributed by atoms with Gasteiger partial charge in [-0.05, 0) is 59.7 Å². The first-order valence-corrected chi connectivity index (χ1v) is 22.2. The van der Waals surface area contributed by atoms with Gasteiger partial charge in [0.2, 0.25) is 35.7 Å². The predicted octanol–water partition coefficient (Wildman–Crippen LogP) is 2.52. The second kappa shape index (κ2) is 25.3. The molecule has 0 aliphatic heterocycles. The summed E-state index contributed by atoms with van der Waals surface area (Å²) >= 11 is 0. The standard InChI is InChI=1S/C40H44N12O10S2.2Na/c53-21-17-51(18-22-54)39-47-35(41-29-7-3-1-4-8-29)45-37(49-39)43-31-15-13-27(33(25-31)63(57,58)59)11-12-28-14-16-32(26-34(28)64(60,61)62)44-38-46-36(42-30-9-5-2-6-10-30)48-40(50-38)52(19-23-55)20-24-56;;/h1-16,25-26,53-56H,17-24H2,(H,57,58,59)(H,60,61,62)(H2,41,43,45,47,49)(H2,42,44,46,48,50);;. The third-order valence-electron chi connectivity index (χ3n) is 8.89. The maximum Gasteiger partial charge on any atom is 0.295 e. The molecule has 338 valence electrons. The molecular formula is C40H44N12Na2O10S2.